The minimum absolute atomic E-state index is 0.0919. The van der Waals surface area contributed by atoms with Crippen molar-refractivity contribution >= 4 is 46.8 Å². The third kappa shape index (κ3) is 7.53. The quantitative estimate of drug-likeness (QED) is 0.440. The maximum Gasteiger partial charge on any atom is 0.242 e. The van der Waals surface area contributed by atoms with Crippen molar-refractivity contribution < 1.29 is 9.59 Å². The summed E-state index contributed by atoms with van der Waals surface area (Å²) in [6.07, 6.45) is 1.17. The maximum atomic E-state index is 13.0. The van der Waals surface area contributed by atoms with Crippen LogP contribution in [0.4, 0.5) is 0 Å². The van der Waals surface area contributed by atoms with E-state index in [-0.39, 0.29) is 18.4 Å². The minimum Gasteiger partial charge on any atom is -0.354 e. The lowest BCUT2D eigenvalue weighted by molar-refractivity contribution is -0.140. The predicted molar refractivity (Wildman–Crippen MR) is 127 cm³/mol. The van der Waals surface area contributed by atoms with E-state index in [0.29, 0.717) is 34.3 Å². The number of benzene rings is 2. The Morgan fingerprint density at radius 2 is 1.73 bits per heavy atom. The van der Waals surface area contributed by atoms with E-state index in [2.05, 4.69) is 17.4 Å². The van der Waals surface area contributed by atoms with Gasteiger partial charge in [-0.25, -0.2) is 0 Å². The lowest BCUT2D eigenvalue weighted by Gasteiger charge is -2.29. The van der Waals surface area contributed by atoms with Crippen LogP contribution in [0.5, 0.6) is 0 Å². The summed E-state index contributed by atoms with van der Waals surface area (Å²) in [5.41, 5.74) is 1.88. The second kappa shape index (κ2) is 12.9. The summed E-state index contributed by atoms with van der Waals surface area (Å²) in [4.78, 5) is 27.2. The zero-order chi connectivity index (χ0) is 21.9. The summed E-state index contributed by atoms with van der Waals surface area (Å²) in [7, 11) is 0. The van der Waals surface area contributed by atoms with Crippen molar-refractivity contribution in [2.45, 2.75) is 45.0 Å². The molecule has 0 aliphatic carbocycles. The number of nitrogens with one attached hydrogen (secondary N) is 1. The first kappa shape index (κ1) is 24.6. The molecule has 0 saturated carbocycles. The number of amides is 2. The number of hydrogen-bond donors (Lipinski definition) is 1. The van der Waals surface area contributed by atoms with E-state index >= 15 is 0 Å². The molecular weight excluding hydrogens is 439 g/mol. The third-order valence-electron chi connectivity index (χ3n) is 4.68. The molecule has 0 aliphatic heterocycles. The van der Waals surface area contributed by atoms with Crippen LogP contribution in [0.3, 0.4) is 0 Å². The van der Waals surface area contributed by atoms with E-state index in [0.717, 1.165) is 12.2 Å². The molecule has 0 aromatic heterocycles. The van der Waals surface area contributed by atoms with Gasteiger partial charge in [0, 0.05) is 46.6 Å². The second-order valence-corrected chi connectivity index (χ2v) is 8.90. The highest BCUT2D eigenvalue weighted by Gasteiger charge is 2.27. The Morgan fingerprint density at radius 1 is 1.07 bits per heavy atom. The first-order valence-corrected chi connectivity index (χ1v) is 12.0. The summed E-state index contributed by atoms with van der Waals surface area (Å²) in [5, 5.41) is 3.84. The third-order valence-corrected chi connectivity index (χ3v) is 6.42. The van der Waals surface area contributed by atoms with Gasteiger partial charge in [-0.05, 0) is 31.0 Å². The Hall–Kier alpha value is -1.69. The lowest BCUT2D eigenvalue weighted by Crippen LogP contribution is -2.47. The van der Waals surface area contributed by atoms with E-state index in [4.69, 9.17) is 23.2 Å². The molecular formula is C23H28Cl2N2O2S. The molecule has 2 amide bonds. The first-order chi connectivity index (χ1) is 14.4. The molecule has 0 radical (unpaired) electrons. The highest BCUT2D eigenvalue weighted by atomic mass is 35.5. The molecule has 4 nitrogen and oxygen atoms in total. The van der Waals surface area contributed by atoms with Gasteiger partial charge in [0.15, 0.2) is 0 Å². The van der Waals surface area contributed by atoms with Crippen molar-refractivity contribution in [3.63, 3.8) is 0 Å². The molecule has 0 aliphatic rings. The fourth-order valence-electron chi connectivity index (χ4n) is 2.90. The van der Waals surface area contributed by atoms with Crippen molar-refractivity contribution in [1.29, 1.82) is 0 Å². The molecule has 30 heavy (non-hydrogen) atoms. The molecule has 0 unspecified atom stereocenters. The fraction of sp³-hybridized carbons (Fsp3) is 0.391. The summed E-state index contributed by atoms with van der Waals surface area (Å²) in [5.74, 6) is 1.25. The van der Waals surface area contributed by atoms with Crippen LogP contribution in [0.15, 0.2) is 48.5 Å². The Kier molecular flexibility index (Phi) is 10.6. The molecule has 1 N–H and O–H groups in total. The molecule has 0 bridgehead atoms. The van der Waals surface area contributed by atoms with Gasteiger partial charge in [-0.1, -0.05) is 66.5 Å². The summed E-state index contributed by atoms with van der Waals surface area (Å²) in [6, 6.07) is 14.8. The van der Waals surface area contributed by atoms with Crippen LogP contribution in [0.25, 0.3) is 0 Å². The first-order valence-electron chi connectivity index (χ1n) is 10.1. The normalized spacial score (nSPS) is 11.7. The Labute approximate surface area is 193 Å². The lowest BCUT2D eigenvalue weighted by atomic mass is 10.1. The van der Waals surface area contributed by atoms with E-state index in [1.54, 1.807) is 41.8 Å². The molecule has 2 aromatic rings. The van der Waals surface area contributed by atoms with Crippen LogP contribution in [-0.4, -0.2) is 35.1 Å². The average Bonchev–Trinajstić information content (AvgIpc) is 2.75. The van der Waals surface area contributed by atoms with Gasteiger partial charge < -0.3 is 10.2 Å². The van der Waals surface area contributed by atoms with Crippen LogP contribution in [0, 0.1) is 0 Å². The topological polar surface area (TPSA) is 49.4 Å². The fourth-order valence-corrected chi connectivity index (χ4v) is 4.31. The van der Waals surface area contributed by atoms with Gasteiger partial charge in [-0.15, -0.1) is 0 Å². The Balaban J connectivity index is 2.05. The van der Waals surface area contributed by atoms with Crippen LogP contribution in [0.1, 0.15) is 37.8 Å². The van der Waals surface area contributed by atoms with Crippen LogP contribution in [0.2, 0.25) is 10.0 Å². The van der Waals surface area contributed by atoms with Gasteiger partial charge in [0.25, 0.3) is 0 Å². The van der Waals surface area contributed by atoms with Gasteiger partial charge >= 0.3 is 0 Å². The van der Waals surface area contributed by atoms with E-state index < -0.39 is 6.04 Å². The molecule has 0 fully saturated rings. The van der Waals surface area contributed by atoms with Crippen LogP contribution in [-0.2, 0) is 21.9 Å². The number of halogens is 2. The van der Waals surface area contributed by atoms with Crippen LogP contribution < -0.4 is 5.32 Å². The standard InChI is InChI=1S/C23H28Cl2N2O2S/c1-3-13-26-23(29)17(2)27(15-19-20(24)10-7-11-21(19)25)22(28)12-14-30-16-18-8-5-4-6-9-18/h4-11,17H,3,12-16H2,1-2H3,(H,26,29)/t17-/m1/s1. The zero-order valence-corrected chi connectivity index (χ0v) is 19.7. The molecule has 2 aromatic carbocycles. The zero-order valence-electron chi connectivity index (χ0n) is 17.4. The van der Waals surface area contributed by atoms with E-state index in [1.807, 2.05) is 25.1 Å². The SMILES string of the molecule is CCCNC(=O)[C@@H](C)N(Cc1c(Cl)cccc1Cl)C(=O)CCSCc1ccccc1. The van der Waals surface area contributed by atoms with Crippen molar-refractivity contribution in [3.8, 4) is 0 Å². The molecule has 0 saturated heterocycles. The summed E-state index contributed by atoms with van der Waals surface area (Å²) in [6.45, 7) is 4.50. The summed E-state index contributed by atoms with van der Waals surface area (Å²) >= 11 is 14.3. The van der Waals surface area contributed by atoms with Gasteiger partial charge in [-0.2, -0.15) is 11.8 Å². The average molecular weight is 467 g/mol. The van der Waals surface area contributed by atoms with Crippen molar-refractivity contribution in [3.05, 3.63) is 69.7 Å². The van der Waals surface area contributed by atoms with E-state index in [1.165, 1.54) is 5.56 Å². The molecule has 0 heterocycles. The number of nitrogens with zero attached hydrogens (tertiary/aromatic N) is 1. The molecule has 7 heteroatoms. The number of carbonyl (C=O) groups excluding carboxylic acids is 2. The minimum atomic E-state index is -0.615. The van der Waals surface area contributed by atoms with E-state index in [9.17, 15) is 9.59 Å². The van der Waals surface area contributed by atoms with Crippen molar-refractivity contribution in [2.24, 2.45) is 0 Å². The Morgan fingerprint density at radius 3 is 2.37 bits per heavy atom. The molecule has 162 valence electrons. The Bertz CT molecular complexity index is 813. The molecule has 1 atom stereocenters. The number of hydrogen-bond acceptors (Lipinski definition) is 3. The van der Waals surface area contributed by atoms with Gasteiger partial charge in [0.05, 0.1) is 0 Å². The smallest absolute Gasteiger partial charge is 0.242 e. The molecule has 0 spiro atoms. The monoisotopic (exact) mass is 466 g/mol. The van der Waals surface area contributed by atoms with Gasteiger partial charge in [0.1, 0.15) is 6.04 Å². The number of rotatable bonds is 11. The summed E-state index contributed by atoms with van der Waals surface area (Å²) < 4.78 is 0. The second-order valence-electron chi connectivity index (χ2n) is 6.98. The largest absolute Gasteiger partial charge is 0.354 e. The highest BCUT2D eigenvalue weighted by molar-refractivity contribution is 7.98. The van der Waals surface area contributed by atoms with Gasteiger partial charge in [-0.3, -0.25) is 9.59 Å². The number of carbonyl (C=O) groups is 2. The van der Waals surface area contributed by atoms with Gasteiger partial charge in [0.2, 0.25) is 11.8 Å². The van der Waals surface area contributed by atoms with Crippen LogP contribution >= 0.6 is 35.0 Å². The number of thioether (sulfide) groups is 1. The predicted octanol–water partition coefficient (Wildman–Crippen LogP) is 5.56. The highest BCUT2D eigenvalue weighted by Crippen LogP contribution is 2.27. The van der Waals surface area contributed by atoms with Crippen molar-refractivity contribution in [1.82, 2.24) is 10.2 Å². The molecule has 2 rings (SSSR count). The maximum absolute atomic E-state index is 13.0. The van der Waals surface area contributed by atoms with Crippen molar-refractivity contribution in [2.75, 3.05) is 12.3 Å².